The number of thioether (sulfide) groups is 1. The maximum Gasteiger partial charge on any atom is 0.247 e. The zero-order chi connectivity index (χ0) is 16.9. The van der Waals surface area contributed by atoms with Crippen LogP contribution < -0.4 is 4.90 Å². The van der Waals surface area contributed by atoms with Crippen LogP contribution in [0.1, 0.15) is 19.5 Å². The SMILES string of the molecule is CC(C)C1S/C(=N/N=C/c2ccccn2)N(c2ccccc2)C1=O. The normalized spacial score (nSPS) is 19.8. The van der Waals surface area contributed by atoms with Gasteiger partial charge in [0.1, 0.15) is 0 Å². The number of carbonyl (C=O) groups is 1. The van der Waals surface area contributed by atoms with Crippen molar-refractivity contribution in [3.63, 3.8) is 0 Å². The summed E-state index contributed by atoms with van der Waals surface area (Å²) in [6.07, 6.45) is 3.29. The number of aromatic nitrogens is 1. The number of nitrogens with zero attached hydrogens (tertiary/aromatic N) is 4. The van der Waals surface area contributed by atoms with Crippen LogP contribution in [0, 0.1) is 5.92 Å². The van der Waals surface area contributed by atoms with Crippen molar-refractivity contribution < 1.29 is 4.79 Å². The largest absolute Gasteiger partial charge is 0.273 e. The highest BCUT2D eigenvalue weighted by Gasteiger charge is 2.40. The van der Waals surface area contributed by atoms with E-state index in [0.717, 1.165) is 11.4 Å². The molecule has 0 bridgehead atoms. The summed E-state index contributed by atoms with van der Waals surface area (Å²) >= 11 is 1.46. The average Bonchev–Trinajstić information content (AvgIpc) is 2.93. The first-order chi connectivity index (χ1) is 11.7. The maximum atomic E-state index is 12.8. The first-order valence-electron chi connectivity index (χ1n) is 7.74. The first kappa shape index (κ1) is 16.4. The molecule has 1 aliphatic heterocycles. The molecule has 3 rings (SSSR count). The fourth-order valence-corrected chi connectivity index (χ4v) is 3.43. The van der Waals surface area contributed by atoms with Crippen LogP contribution in [-0.2, 0) is 4.79 Å². The second kappa shape index (κ2) is 7.40. The molecule has 122 valence electrons. The third-order valence-corrected chi connectivity index (χ3v) is 5.00. The molecule has 1 amide bonds. The summed E-state index contributed by atoms with van der Waals surface area (Å²) < 4.78 is 0. The van der Waals surface area contributed by atoms with Crippen molar-refractivity contribution in [2.75, 3.05) is 4.90 Å². The summed E-state index contributed by atoms with van der Waals surface area (Å²) in [5.41, 5.74) is 1.53. The summed E-state index contributed by atoms with van der Waals surface area (Å²) in [5, 5.41) is 8.84. The molecule has 0 saturated carbocycles. The van der Waals surface area contributed by atoms with E-state index in [2.05, 4.69) is 15.2 Å². The monoisotopic (exact) mass is 338 g/mol. The van der Waals surface area contributed by atoms with Gasteiger partial charge in [-0.15, -0.1) is 5.10 Å². The van der Waals surface area contributed by atoms with Gasteiger partial charge in [0.2, 0.25) is 5.91 Å². The van der Waals surface area contributed by atoms with E-state index < -0.39 is 0 Å². The van der Waals surface area contributed by atoms with E-state index in [4.69, 9.17) is 0 Å². The summed E-state index contributed by atoms with van der Waals surface area (Å²) in [4.78, 5) is 18.6. The summed E-state index contributed by atoms with van der Waals surface area (Å²) in [5.74, 6) is 0.272. The Hall–Kier alpha value is -2.47. The molecule has 0 radical (unpaired) electrons. The number of amides is 1. The Morgan fingerprint density at radius 1 is 1.17 bits per heavy atom. The molecule has 5 nitrogen and oxygen atoms in total. The van der Waals surface area contributed by atoms with Gasteiger partial charge in [-0.05, 0) is 30.2 Å². The highest BCUT2D eigenvalue weighted by Crippen LogP contribution is 2.35. The predicted octanol–water partition coefficient (Wildman–Crippen LogP) is 3.58. The molecule has 1 atom stereocenters. The van der Waals surface area contributed by atoms with Gasteiger partial charge >= 0.3 is 0 Å². The van der Waals surface area contributed by atoms with Crippen LogP contribution in [0.5, 0.6) is 0 Å². The van der Waals surface area contributed by atoms with Crippen LogP contribution in [0.2, 0.25) is 0 Å². The standard InChI is InChI=1S/C18H18N4OS/c1-13(2)16-17(23)22(15-9-4-3-5-10-15)18(24-16)21-20-12-14-8-6-7-11-19-14/h3-13,16H,1-2H3/b20-12+,21-18+. The number of hydrogen-bond donors (Lipinski definition) is 0. The zero-order valence-electron chi connectivity index (χ0n) is 13.5. The lowest BCUT2D eigenvalue weighted by Crippen LogP contribution is -2.33. The minimum Gasteiger partial charge on any atom is -0.273 e. The molecule has 1 saturated heterocycles. The van der Waals surface area contributed by atoms with Gasteiger partial charge in [-0.3, -0.25) is 14.7 Å². The molecular weight excluding hydrogens is 320 g/mol. The molecule has 1 fully saturated rings. The second-order valence-electron chi connectivity index (χ2n) is 5.67. The van der Waals surface area contributed by atoms with Gasteiger partial charge in [-0.1, -0.05) is 49.9 Å². The Balaban J connectivity index is 1.90. The van der Waals surface area contributed by atoms with E-state index in [1.807, 2.05) is 62.4 Å². The number of amidine groups is 1. The fourth-order valence-electron chi connectivity index (χ4n) is 2.33. The Morgan fingerprint density at radius 2 is 1.92 bits per heavy atom. The number of rotatable bonds is 4. The van der Waals surface area contributed by atoms with Crippen molar-refractivity contribution in [3.05, 3.63) is 60.4 Å². The van der Waals surface area contributed by atoms with Gasteiger partial charge in [-0.2, -0.15) is 5.10 Å². The third-order valence-electron chi connectivity index (χ3n) is 3.53. The molecule has 1 unspecified atom stereocenters. The fraction of sp³-hybridized carbons (Fsp3) is 0.222. The number of pyridine rings is 1. The lowest BCUT2D eigenvalue weighted by atomic mass is 10.1. The van der Waals surface area contributed by atoms with Gasteiger partial charge < -0.3 is 0 Å². The van der Waals surface area contributed by atoms with Gasteiger partial charge in [0, 0.05) is 6.20 Å². The molecule has 0 aliphatic carbocycles. The smallest absolute Gasteiger partial charge is 0.247 e. The van der Waals surface area contributed by atoms with Crippen molar-refractivity contribution in [2.45, 2.75) is 19.1 Å². The number of benzene rings is 1. The van der Waals surface area contributed by atoms with E-state index in [-0.39, 0.29) is 17.1 Å². The maximum absolute atomic E-state index is 12.8. The Labute approximate surface area is 145 Å². The minimum absolute atomic E-state index is 0.0491. The van der Waals surface area contributed by atoms with Crippen LogP contribution in [-0.4, -0.2) is 27.5 Å². The molecule has 2 aromatic rings. The van der Waals surface area contributed by atoms with E-state index in [1.54, 1.807) is 17.3 Å². The molecule has 1 aliphatic rings. The average molecular weight is 338 g/mol. The summed E-state index contributed by atoms with van der Waals surface area (Å²) in [7, 11) is 0. The van der Waals surface area contributed by atoms with Crippen molar-refractivity contribution in [2.24, 2.45) is 16.1 Å². The first-order valence-corrected chi connectivity index (χ1v) is 8.62. The quantitative estimate of drug-likeness (QED) is 0.632. The van der Waals surface area contributed by atoms with Crippen molar-refractivity contribution >= 4 is 34.7 Å². The third kappa shape index (κ3) is 3.54. The van der Waals surface area contributed by atoms with E-state index in [0.29, 0.717) is 5.17 Å². The van der Waals surface area contributed by atoms with Crippen molar-refractivity contribution in [1.29, 1.82) is 0 Å². The molecule has 0 N–H and O–H groups in total. The van der Waals surface area contributed by atoms with Crippen LogP contribution in [0.4, 0.5) is 5.69 Å². The summed E-state index contributed by atoms with van der Waals surface area (Å²) in [6.45, 7) is 4.08. The highest BCUT2D eigenvalue weighted by molar-refractivity contribution is 8.16. The van der Waals surface area contributed by atoms with Crippen LogP contribution >= 0.6 is 11.8 Å². The highest BCUT2D eigenvalue weighted by atomic mass is 32.2. The molecule has 0 spiro atoms. The summed E-state index contributed by atoms with van der Waals surface area (Å²) in [6, 6.07) is 15.1. The number of para-hydroxylation sites is 1. The molecule has 1 aromatic heterocycles. The minimum atomic E-state index is -0.144. The van der Waals surface area contributed by atoms with E-state index >= 15 is 0 Å². The number of anilines is 1. The number of carbonyl (C=O) groups excluding carboxylic acids is 1. The second-order valence-corrected chi connectivity index (χ2v) is 6.78. The van der Waals surface area contributed by atoms with Crippen LogP contribution in [0.15, 0.2) is 64.9 Å². The Kier molecular flexibility index (Phi) is 5.05. The van der Waals surface area contributed by atoms with Gasteiger partial charge in [0.25, 0.3) is 0 Å². The molecular formula is C18H18N4OS. The zero-order valence-corrected chi connectivity index (χ0v) is 14.4. The molecule has 24 heavy (non-hydrogen) atoms. The molecule has 2 heterocycles. The van der Waals surface area contributed by atoms with Crippen LogP contribution in [0.25, 0.3) is 0 Å². The van der Waals surface area contributed by atoms with Gasteiger partial charge in [0.05, 0.1) is 22.8 Å². The molecule has 1 aromatic carbocycles. The topological polar surface area (TPSA) is 57.9 Å². The Bertz CT molecular complexity index is 759. The van der Waals surface area contributed by atoms with E-state index in [9.17, 15) is 4.79 Å². The number of hydrogen-bond acceptors (Lipinski definition) is 5. The van der Waals surface area contributed by atoms with E-state index in [1.165, 1.54) is 11.8 Å². The van der Waals surface area contributed by atoms with Crippen LogP contribution in [0.3, 0.4) is 0 Å². The lowest BCUT2D eigenvalue weighted by molar-refractivity contribution is -0.117. The molecule has 6 heteroatoms. The van der Waals surface area contributed by atoms with Crippen molar-refractivity contribution in [3.8, 4) is 0 Å². The lowest BCUT2D eigenvalue weighted by Gasteiger charge is -2.16. The van der Waals surface area contributed by atoms with Gasteiger partial charge in [-0.25, -0.2) is 0 Å². The van der Waals surface area contributed by atoms with Gasteiger partial charge in [0.15, 0.2) is 5.17 Å². The van der Waals surface area contributed by atoms with Crippen molar-refractivity contribution in [1.82, 2.24) is 4.98 Å². The Morgan fingerprint density at radius 3 is 2.58 bits per heavy atom. The predicted molar refractivity (Wildman–Crippen MR) is 99.4 cm³/mol.